The maximum absolute atomic E-state index is 3.91. The monoisotopic (exact) mass is 485 g/mol. The molecule has 0 atom stereocenters. The van der Waals surface area contributed by atoms with Gasteiger partial charge in [-0.05, 0) is 18.3 Å². The van der Waals surface area contributed by atoms with Gasteiger partial charge in [-0.2, -0.15) is 0 Å². The third-order valence-corrected chi connectivity index (χ3v) is 5.07. The van der Waals surface area contributed by atoms with Gasteiger partial charge in [-0.3, -0.25) is 0 Å². The van der Waals surface area contributed by atoms with Crippen molar-refractivity contribution in [3.63, 3.8) is 0 Å². The van der Waals surface area contributed by atoms with Gasteiger partial charge in [0.25, 0.3) is 0 Å². The van der Waals surface area contributed by atoms with Gasteiger partial charge < -0.3 is 13.1 Å². The van der Waals surface area contributed by atoms with Crippen molar-refractivity contribution < 1.29 is 21.1 Å². The molecule has 2 rings (SSSR count). The first-order valence-electron chi connectivity index (χ1n) is 6.92. The van der Waals surface area contributed by atoms with E-state index in [1.54, 1.807) is 0 Å². The van der Waals surface area contributed by atoms with Crippen LogP contribution in [0, 0.1) is 24.9 Å². The molecule has 2 aliphatic carbocycles. The fourth-order valence-electron chi connectivity index (χ4n) is 1.33. The van der Waals surface area contributed by atoms with E-state index in [2.05, 4.69) is 76.7 Å². The van der Waals surface area contributed by atoms with E-state index in [1.807, 2.05) is 11.4 Å². The van der Waals surface area contributed by atoms with Crippen LogP contribution in [-0.4, -0.2) is 16.1 Å². The molecule has 0 aromatic heterocycles. The van der Waals surface area contributed by atoms with Gasteiger partial charge in [-0.25, -0.2) is 0 Å². The Morgan fingerprint density at radius 3 is 1.10 bits per heavy atom. The van der Waals surface area contributed by atoms with Crippen molar-refractivity contribution in [3.05, 3.63) is 62.0 Å². The van der Waals surface area contributed by atoms with Crippen molar-refractivity contribution >= 4 is 16.1 Å². The summed E-state index contributed by atoms with van der Waals surface area (Å²) in [6.45, 7) is 23.7. The molecule has 0 amide bonds. The van der Waals surface area contributed by atoms with Gasteiger partial charge in [0.1, 0.15) is 0 Å². The number of hydrogen-bond acceptors (Lipinski definition) is 0. The van der Waals surface area contributed by atoms with Gasteiger partial charge in [0.2, 0.25) is 0 Å². The van der Waals surface area contributed by atoms with Crippen LogP contribution < -0.4 is 0 Å². The van der Waals surface area contributed by atoms with Crippen LogP contribution in [0.15, 0.2) is 48.9 Å². The van der Waals surface area contributed by atoms with E-state index in [0.29, 0.717) is 0 Å². The predicted octanol–water partition coefficient (Wildman–Crippen LogP) is 5.33. The molecular formula is C17H30PtSi2. The zero-order valence-electron chi connectivity index (χ0n) is 13.5. The average Bonchev–Trinajstić information content (AvgIpc) is 2.93. The molecule has 116 valence electrons. The second-order valence-electron chi connectivity index (χ2n) is 6.72. The topological polar surface area (TPSA) is 0 Å². The molecule has 0 N–H and O–H groups in total. The molecular weight excluding hydrogens is 455 g/mol. The largest absolute Gasteiger partial charge is 2.00 e. The summed E-state index contributed by atoms with van der Waals surface area (Å²) in [5.74, 6) is 1.62. The van der Waals surface area contributed by atoms with Crippen molar-refractivity contribution in [1.29, 1.82) is 0 Å². The van der Waals surface area contributed by atoms with Gasteiger partial charge in [-0.15, -0.1) is 24.6 Å². The van der Waals surface area contributed by atoms with Crippen LogP contribution in [0.5, 0.6) is 0 Å². The van der Waals surface area contributed by atoms with Crippen molar-refractivity contribution in [2.45, 2.75) is 32.6 Å². The van der Waals surface area contributed by atoms with E-state index in [0.717, 1.165) is 11.8 Å². The molecule has 0 aromatic carbocycles. The minimum atomic E-state index is -1.12. The van der Waals surface area contributed by atoms with Gasteiger partial charge in [0.15, 0.2) is 0 Å². The average molecular weight is 486 g/mol. The molecule has 3 heteroatoms. The second kappa shape index (κ2) is 9.92. The van der Waals surface area contributed by atoms with Crippen LogP contribution in [-0.2, 0) is 21.1 Å². The summed E-state index contributed by atoms with van der Waals surface area (Å²) in [7, 11) is -2.23. The molecule has 0 unspecified atom stereocenters. The summed E-state index contributed by atoms with van der Waals surface area (Å²) in [6.07, 6.45) is 10.5. The number of fused-ring (bicyclic) bond motifs is 2. The van der Waals surface area contributed by atoms with E-state index in [1.165, 1.54) is 6.42 Å². The first-order valence-corrected chi connectivity index (χ1v) is 13.5. The molecule has 2 bridgehead atoms. The fourth-order valence-corrected chi connectivity index (χ4v) is 1.33. The molecule has 0 aliphatic heterocycles. The van der Waals surface area contributed by atoms with Crippen LogP contribution in [0.4, 0.5) is 0 Å². The SMILES string of the molecule is C1=CC2C=CC1C2.C=C[Si]([CH2-])(C)C.C=C[Si]([CH2-])(C)C.[Pt+2]. The van der Waals surface area contributed by atoms with Crippen LogP contribution in [0.1, 0.15) is 6.42 Å². The third kappa shape index (κ3) is 13.1. The van der Waals surface area contributed by atoms with E-state index in [4.69, 9.17) is 0 Å². The Hall–Kier alpha value is 0.0821. The first kappa shape index (κ1) is 22.4. The first-order chi connectivity index (χ1) is 8.57. The Morgan fingerprint density at radius 2 is 1.05 bits per heavy atom. The molecule has 0 spiro atoms. The molecule has 0 heterocycles. The summed E-state index contributed by atoms with van der Waals surface area (Å²) < 4.78 is 0. The predicted molar refractivity (Wildman–Crippen MR) is 95.9 cm³/mol. The second-order valence-corrected chi connectivity index (χ2v) is 15.5. The summed E-state index contributed by atoms with van der Waals surface area (Å²) in [5.41, 5.74) is 3.93. The fraction of sp³-hybridized carbons (Fsp3) is 0.412. The Labute approximate surface area is 143 Å². The van der Waals surface area contributed by atoms with E-state index in [9.17, 15) is 0 Å². The third-order valence-electron chi connectivity index (χ3n) is 2.86. The van der Waals surface area contributed by atoms with Crippen LogP contribution in [0.3, 0.4) is 0 Å². The van der Waals surface area contributed by atoms with Crippen molar-refractivity contribution in [1.82, 2.24) is 0 Å². The summed E-state index contributed by atoms with van der Waals surface area (Å²) in [6, 6.07) is 0. The summed E-state index contributed by atoms with van der Waals surface area (Å²) in [5, 5.41) is 0. The molecule has 2 aliphatic rings. The summed E-state index contributed by atoms with van der Waals surface area (Å²) in [4.78, 5) is 0. The summed E-state index contributed by atoms with van der Waals surface area (Å²) >= 11 is 0. The van der Waals surface area contributed by atoms with Crippen molar-refractivity contribution in [2.75, 3.05) is 0 Å². The van der Waals surface area contributed by atoms with E-state index in [-0.39, 0.29) is 21.1 Å². The Balaban J connectivity index is 0. The molecule has 0 saturated heterocycles. The van der Waals surface area contributed by atoms with Crippen LogP contribution in [0.2, 0.25) is 26.2 Å². The van der Waals surface area contributed by atoms with Crippen LogP contribution >= 0.6 is 0 Å². The smallest absolute Gasteiger partial charge is 0.339 e. The molecule has 0 saturated carbocycles. The molecule has 0 aromatic rings. The molecule has 0 nitrogen and oxygen atoms in total. The Kier molecular flexibility index (Phi) is 11.1. The minimum Gasteiger partial charge on any atom is -0.339 e. The standard InChI is InChI=1S/C7H8.2C5H11Si.Pt/c1-2-7-4-3-6(1)5-7;2*1-5-6(2,3)4;/h1-4,6-7H,5H2;2*5H,1-2H2,3-4H3;/q;2*-1;+2. The number of allylic oxidation sites excluding steroid dienone is 4. The minimum absolute atomic E-state index is 0. The van der Waals surface area contributed by atoms with Crippen molar-refractivity contribution in [2.24, 2.45) is 11.8 Å². The maximum Gasteiger partial charge on any atom is 2.00 e. The molecule has 20 heavy (non-hydrogen) atoms. The molecule has 0 fully saturated rings. The zero-order chi connectivity index (χ0) is 15.1. The van der Waals surface area contributed by atoms with Gasteiger partial charge >= 0.3 is 21.1 Å². The Bertz CT molecular complexity index is 297. The van der Waals surface area contributed by atoms with Crippen molar-refractivity contribution in [3.8, 4) is 0 Å². The zero-order valence-corrected chi connectivity index (χ0v) is 17.7. The quantitative estimate of drug-likeness (QED) is 0.282. The van der Waals surface area contributed by atoms with Gasteiger partial charge in [-0.1, -0.05) is 66.6 Å². The Morgan fingerprint density at radius 1 is 0.850 bits per heavy atom. The number of rotatable bonds is 2. The van der Waals surface area contributed by atoms with Gasteiger partial charge in [0.05, 0.1) is 0 Å². The van der Waals surface area contributed by atoms with Gasteiger partial charge in [0, 0.05) is 0 Å². The number of hydrogen-bond donors (Lipinski definition) is 0. The maximum atomic E-state index is 3.91. The molecule has 0 radical (unpaired) electrons. The van der Waals surface area contributed by atoms with Crippen LogP contribution in [0.25, 0.3) is 0 Å². The normalized spacial score (nSPS) is 21.9. The van der Waals surface area contributed by atoms with E-state index >= 15 is 0 Å². The van der Waals surface area contributed by atoms with E-state index < -0.39 is 16.1 Å².